The topological polar surface area (TPSA) is 84.1 Å². The number of anilines is 1. The molecule has 2 heterocycles. The summed E-state index contributed by atoms with van der Waals surface area (Å²) in [5.74, 6) is 0.588. The summed E-state index contributed by atoms with van der Waals surface area (Å²) in [5, 5.41) is 2.93. The number of nitrogen functional groups attached to an aromatic ring is 1. The Hall–Kier alpha value is -1.69. The Labute approximate surface area is 126 Å². The Morgan fingerprint density at radius 2 is 2.05 bits per heavy atom. The highest BCUT2D eigenvalue weighted by atomic mass is 16.1. The fourth-order valence-electron chi connectivity index (χ4n) is 2.50. The summed E-state index contributed by atoms with van der Waals surface area (Å²) in [6, 6.07) is 0.337. The van der Waals surface area contributed by atoms with Crippen molar-refractivity contribution in [2.45, 2.75) is 45.6 Å². The fourth-order valence-corrected chi connectivity index (χ4v) is 2.50. The number of nitrogens with one attached hydrogen (secondary N) is 1. The molecular formula is C15H25N5O. The number of hydrogen-bond donors (Lipinski definition) is 2. The van der Waals surface area contributed by atoms with Gasteiger partial charge >= 0.3 is 0 Å². The van der Waals surface area contributed by atoms with Gasteiger partial charge in [0, 0.05) is 18.5 Å². The molecule has 0 spiro atoms. The van der Waals surface area contributed by atoms with Crippen molar-refractivity contribution in [3.8, 4) is 0 Å². The standard InChI is InChI=1S/C15H25N5O/c1-10(2)14-17-9-12(16)13(19-14)15(21)18-8-11(3)20-6-4-5-7-20/h9-11H,4-8,16H2,1-3H3,(H,18,21). The van der Waals surface area contributed by atoms with Crippen LogP contribution in [0.4, 0.5) is 5.69 Å². The molecule has 0 aromatic carbocycles. The maximum atomic E-state index is 12.3. The number of nitrogens with two attached hydrogens (primary N) is 1. The summed E-state index contributed by atoms with van der Waals surface area (Å²) in [5.41, 5.74) is 6.43. The molecule has 1 aromatic rings. The normalized spacial score (nSPS) is 17.1. The van der Waals surface area contributed by atoms with Gasteiger partial charge in [0.2, 0.25) is 0 Å². The first kappa shape index (κ1) is 15.7. The van der Waals surface area contributed by atoms with Gasteiger partial charge in [0.15, 0.2) is 5.69 Å². The maximum absolute atomic E-state index is 12.3. The highest BCUT2D eigenvalue weighted by Crippen LogP contribution is 2.14. The van der Waals surface area contributed by atoms with E-state index in [-0.39, 0.29) is 17.5 Å². The molecule has 3 N–H and O–H groups in total. The molecule has 1 atom stereocenters. The number of nitrogens with zero attached hydrogens (tertiary/aromatic N) is 3. The monoisotopic (exact) mass is 291 g/mol. The average Bonchev–Trinajstić information content (AvgIpc) is 2.98. The van der Waals surface area contributed by atoms with Gasteiger partial charge in [0.25, 0.3) is 5.91 Å². The summed E-state index contributed by atoms with van der Waals surface area (Å²) in [7, 11) is 0. The van der Waals surface area contributed by atoms with E-state index in [4.69, 9.17) is 5.73 Å². The summed E-state index contributed by atoms with van der Waals surface area (Å²) < 4.78 is 0. The van der Waals surface area contributed by atoms with Crippen molar-refractivity contribution >= 4 is 11.6 Å². The number of carbonyl (C=O) groups excluding carboxylic acids is 1. The van der Waals surface area contributed by atoms with Crippen molar-refractivity contribution in [1.82, 2.24) is 20.2 Å². The molecule has 1 amide bonds. The minimum absolute atomic E-state index is 0.167. The number of likely N-dealkylation sites (tertiary alicyclic amines) is 1. The SMILES string of the molecule is CC(C)c1ncc(N)c(C(=O)NCC(C)N2CCCC2)n1. The zero-order valence-electron chi connectivity index (χ0n) is 13.1. The minimum atomic E-state index is -0.220. The molecule has 21 heavy (non-hydrogen) atoms. The molecule has 1 saturated heterocycles. The Morgan fingerprint density at radius 3 is 2.67 bits per heavy atom. The van der Waals surface area contributed by atoms with Gasteiger partial charge in [-0.2, -0.15) is 0 Å². The molecule has 0 saturated carbocycles. The zero-order valence-corrected chi connectivity index (χ0v) is 13.1. The van der Waals surface area contributed by atoms with Gasteiger partial charge < -0.3 is 11.1 Å². The number of hydrogen-bond acceptors (Lipinski definition) is 5. The van der Waals surface area contributed by atoms with Crippen LogP contribution in [0, 0.1) is 0 Å². The van der Waals surface area contributed by atoms with Crippen LogP contribution in [0.5, 0.6) is 0 Å². The molecule has 6 heteroatoms. The van der Waals surface area contributed by atoms with Crippen LogP contribution >= 0.6 is 0 Å². The minimum Gasteiger partial charge on any atom is -0.396 e. The molecular weight excluding hydrogens is 266 g/mol. The fraction of sp³-hybridized carbons (Fsp3) is 0.667. The summed E-state index contributed by atoms with van der Waals surface area (Å²) >= 11 is 0. The van der Waals surface area contributed by atoms with E-state index in [0.29, 0.717) is 24.1 Å². The molecule has 0 bridgehead atoms. The Balaban J connectivity index is 1.97. The van der Waals surface area contributed by atoms with Crippen LogP contribution < -0.4 is 11.1 Å². The largest absolute Gasteiger partial charge is 0.396 e. The van der Waals surface area contributed by atoms with E-state index in [1.807, 2.05) is 13.8 Å². The maximum Gasteiger partial charge on any atom is 0.272 e. The van der Waals surface area contributed by atoms with Crippen molar-refractivity contribution in [2.24, 2.45) is 0 Å². The summed E-state index contributed by atoms with van der Waals surface area (Å²) in [4.78, 5) is 23.1. The highest BCUT2D eigenvalue weighted by Gasteiger charge is 2.20. The molecule has 0 radical (unpaired) electrons. The van der Waals surface area contributed by atoms with Gasteiger partial charge in [-0.3, -0.25) is 9.69 Å². The first-order valence-electron chi connectivity index (χ1n) is 7.63. The van der Waals surface area contributed by atoms with E-state index in [0.717, 1.165) is 13.1 Å². The Morgan fingerprint density at radius 1 is 1.38 bits per heavy atom. The van der Waals surface area contributed by atoms with Crippen LogP contribution in [0.1, 0.15) is 55.8 Å². The van der Waals surface area contributed by atoms with E-state index in [9.17, 15) is 4.79 Å². The Kier molecular flexibility index (Phi) is 5.12. The third-order valence-corrected chi connectivity index (χ3v) is 3.89. The number of aromatic nitrogens is 2. The summed E-state index contributed by atoms with van der Waals surface area (Å²) in [6.45, 7) is 8.95. The van der Waals surface area contributed by atoms with Crippen molar-refractivity contribution in [1.29, 1.82) is 0 Å². The van der Waals surface area contributed by atoms with Crippen LogP contribution in [0.2, 0.25) is 0 Å². The predicted molar refractivity (Wildman–Crippen MR) is 83.1 cm³/mol. The first-order valence-corrected chi connectivity index (χ1v) is 7.63. The molecule has 2 rings (SSSR count). The van der Waals surface area contributed by atoms with Crippen LogP contribution in [0.15, 0.2) is 6.20 Å². The van der Waals surface area contributed by atoms with Gasteiger partial charge in [0.1, 0.15) is 5.82 Å². The van der Waals surface area contributed by atoms with Gasteiger partial charge in [-0.05, 0) is 32.9 Å². The molecule has 1 aliphatic heterocycles. The van der Waals surface area contributed by atoms with Gasteiger partial charge in [-0.1, -0.05) is 13.8 Å². The molecule has 116 valence electrons. The Bertz CT molecular complexity index is 497. The van der Waals surface area contributed by atoms with Gasteiger partial charge in [-0.25, -0.2) is 9.97 Å². The molecule has 6 nitrogen and oxygen atoms in total. The van der Waals surface area contributed by atoms with Crippen molar-refractivity contribution in [3.05, 3.63) is 17.7 Å². The zero-order chi connectivity index (χ0) is 15.4. The number of amides is 1. The van der Waals surface area contributed by atoms with Crippen molar-refractivity contribution < 1.29 is 4.79 Å². The number of rotatable bonds is 5. The van der Waals surface area contributed by atoms with Crippen molar-refractivity contribution in [3.63, 3.8) is 0 Å². The molecule has 1 aliphatic rings. The lowest BCUT2D eigenvalue weighted by atomic mass is 10.2. The predicted octanol–water partition coefficient (Wildman–Crippen LogP) is 1.40. The molecule has 1 fully saturated rings. The van der Waals surface area contributed by atoms with E-state index in [2.05, 4.69) is 27.1 Å². The van der Waals surface area contributed by atoms with Gasteiger partial charge in [-0.15, -0.1) is 0 Å². The van der Waals surface area contributed by atoms with Crippen LogP contribution in [-0.4, -0.2) is 46.5 Å². The van der Waals surface area contributed by atoms with Gasteiger partial charge in [0.05, 0.1) is 11.9 Å². The van der Waals surface area contributed by atoms with E-state index in [1.54, 1.807) is 0 Å². The lowest BCUT2D eigenvalue weighted by Crippen LogP contribution is -2.41. The van der Waals surface area contributed by atoms with Crippen LogP contribution in [0.25, 0.3) is 0 Å². The lowest BCUT2D eigenvalue weighted by molar-refractivity contribution is 0.0936. The van der Waals surface area contributed by atoms with Crippen LogP contribution in [0.3, 0.4) is 0 Å². The highest BCUT2D eigenvalue weighted by molar-refractivity contribution is 5.96. The van der Waals surface area contributed by atoms with E-state index >= 15 is 0 Å². The summed E-state index contributed by atoms with van der Waals surface area (Å²) in [6.07, 6.45) is 4.00. The third-order valence-electron chi connectivity index (χ3n) is 3.89. The second kappa shape index (κ2) is 6.85. The molecule has 0 aliphatic carbocycles. The molecule has 1 unspecified atom stereocenters. The first-order chi connectivity index (χ1) is 9.99. The quantitative estimate of drug-likeness (QED) is 0.856. The second-order valence-corrected chi connectivity index (χ2v) is 5.99. The lowest BCUT2D eigenvalue weighted by Gasteiger charge is -2.23. The van der Waals surface area contributed by atoms with Crippen molar-refractivity contribution in [2.75, 3.05) is 25.4 Å². The smallest absolute Gasteiger partial charge is 0.272 e. The number of carbonyl (C=O) groups is 1. The van der Waals surface area contributed by atoms with E-state index < -0.39 is 0 Å². The second-order valence-electron chi connectivity index (χ2n) is 5.99. The molecule has 1 aromatic heterocycles. The third kappa shape index (κ3) is 3.91. The average molecular weight is 291 g/mol. The van der Waals surface area contributed by atoms with Crippen LogP contribution in [-0.2, 0) is 0 Å². The van der Waals surface area contributed by atoms with E-state index in [1.165, 1.54) is 19.0 Å².